The van der Waals surface area contributed by atoms with E-state index in [0.717, 1.165) is 9.80 Å². The quantitative estimate of drug-likeness (QED) is 0.342. The van der Waals surface area contributed by atoms with Gasteiger partial charge in [-0.05, 0) is 47.6 Å². The number of hydrogen-bond acceptors (Lipinski definition) is 5. The number of imide groups is 2. The van der Waals surface area contributed by atoms with Crippen molar-refractivity contribution in [3.05, 3.63) is 133 Å². The maximum atomic E-state index is 11.8. The number of nitrogens with zero attached hydrogens (tertiary/aromatic N) is 2. The third-order valence-corrected chi connectivity index (χ3v) is 5.43. The highest BCUT2D eigenvalue weighted by atomic mass is 16.5. The molecule has 0 fully saturated rings. The topological polar surface area (TPSA) is 84.0 Å². The van der Waals surface area contributed by atoms with Gasteiger partial charge in [-0.1, -0.05) is 36.8 Å². The van der Waals surface area contributed by atoms with Gasteiger partial charge in [-0.15, -0.1) is 0 Å². The molecule has 0 saturated heterocycles. The van der Waals surface area contributed by atoms with Crippen molar-refractivity contribution in [1.82, 2.24) is 9.80 Å². The molecule has 4 amide bonds. The molecule has 7 nitrogen and oxygen atoms in total. The van der Waals surface area contributed by atoms with Crippen LogP contribution >= 0.6 is 0 Å². The summed E-state index contributed by atoms with van der Waals surface area (Å²) in [6, 6.07) is 0. The number of hydrogen-bond donors (Lipinski definition) is 0. The minimum absolute atomic E-state index is 0.153. The number of carbonyl (C=O) groups is 4. The molecule has 0 spiro atoms. The third kappa shape index (κ3) is 5.02. The number of ether oxygens (including phenoxy) is 1. The standard InChI is InChI=1S/C28H20N2O5/c1-19-17-23(29-25(31)11-12-26(29)32)9-7-21(19)5-3-15-35-16-4-6-22-8-10-24(18-20(22)2)30-27(33)13-14-28(30)34/h5-18,21-22H,1-2H2. The van der Waals surface area contributed by atoms with Crippen LogP contribution in [0.2, 0.25) is 0 Å². The van der Waals surface area contributed by atoms with Gasteiger partial charge < -0.3 is 4.74 Å². The predicted octanol–water partition coefficient (Wildman–Crippen LogP) is 3.44. The molecule has 0 N–H and O–H groups in total. The molecule has 7 heteroatoms. The van der Waals surface area contributed by atoms with Crippen molar-refractivity contribution in [2.24, 2.45) is 11.8 Å². The molecule has 0 radical (unpaired) electrons. The molecule has 0 aromatic heterocycles. The van der Waals surface area contributed by atoms with Crippen LogP contribution in [0, 0.1) is 11.8 Å². The molecule has 0 saturated carbocycles. The lowest BCUT2D eigenvalue weighted by molar-refractivity contribution is -0.135. The number of carbonyl (C=O) groups excluding carboxylic acids is 4. The Bertz CT molecular complexity index is 1230. The van der Waals surface area contributed by atoms with Gasteiger partial charge in [0.05, 0.1) is 11.4 Å². The molecule has 172 valence electrons. The van der Waals surface area contributed by atoms with E-state index < -0.39 is 0 Å². The number of amides is 4. The van der Waals surface area contributed by atoms with Crippen LogP contribution in [0.1, 0.15) is 0 Å². The SMILES string of the molecule is C=C1C=C(N2C(=O)C=CC2=O)C=CC1C=C=COC=C=CC1C=CC(N2C(=O)C=CC2=O)=CC1=C. The predicted molar refractivity (Wildman–Crippen MR) is 128 cm³/mol. The first kappa shape index (κ1) is 23.2. The summed E-state index contributed by atoms with van der Waals surface area (Å²) in [5.41, 5.74) is 8.17. The first-order valence-electron chi connectivity index (χ1n) is 10.6. The van der Waals surface area contributed by atoms with E-state index in [1.165, 1.54) is 36.8 Å². The molecule has 2 aliphatic heterocycles. The Morgan fingerprint density at radius 2 is 1.03 bits per heavy atom. The largest absolute Gasteiger partial charge is 0.456 e. The molecule has 2 aliphatic carbocycles. The first-order valence-corrected chi connectivity index (χ1v) is 10.6. The summed E-state index contributed by atoms with van der Waals surface area (Å²) in [5.74, 6) is -1.81. The van der Waals surface area contributed by atoms with E-state index in [0.29, 0.717) is 22.5 Å². The minimum atomic E-state index is -0.376. The average Bonchev–Trinajstić information content (AvgIpc) is 3.34. The van der Waals surface area contributed by atoms with E-state index in [1.807, 2.05) is 12.2 Å². The highest BCUT2D eigenvalue weighted by Gasteiger charge is 2.28. The molecule has 35 heavy (non-hydrogen) atoms. The molecule has 2 heterocycles. The Labute approximate surface area is 202 Å². The van der Waals surface area contributed by atoms with Crippen molar-refractivity contribution in [3.8, 4) is 0 Å². The summed E-state index contributed by atoms with van der Waals surface area (Å²) in [4.78, 5) is 49.4. The molecule has 0 aromatic rings. The van der Waals surface area contributed by atoms with Crippen molar-refractivity contribution in [2.75, 3.05) is 0 Å². The molecule has 2 atom stereocenters. The Morgan fingerprint density at radius 1 is 0.657 bits per heavy atom. The van der Waals surface area contributed by atoms with E-state index in [1.54, 1.807) is 36.5 Å². The zero-order chi connectivity index (χ0) is 24.9. The molecule has 2 unspecified atom stereocenters. The van der Waals surface area contributed by atoms with E-state index in [9.17, 15) is 19.2 Å². The molecular weight excluding hydrogens is 444 g/mol. The van der Waals surface area contributed by atoms with Gasteiger partial charge in [0.1, 0.15) is 12.5 Å². The van der Waals surface area contributed by atoms with Crippen LogP contribution in [0.25, 0.3) is 0 Å². The highest BCUT2D eigenvalue weighted by Crippen LogP contribution is 2.27. The van der Waals surface area contributed by atoms with E-state index >= 15 is 0 Å². The fourth-order valence-electron chi connectivity index (χ4n) is 3.63. The van der Waals surface area contributed by atoms with Gasteiger partial charge in [0.15, 0.2) is 0 Å². The lowest BCUT2D eigenvalue weighted by Crippen LogP contribution is -2.29. The van der Waals surface area contributed by atoms with Gasteiger partial charge >= 0.3 is 0 Å². The van der Waals surface area contributed by atoms with Crippen molar-refractivity contribution in [2.45, 2.75) is 0 Å². The summed E-state index contributed by atoms with van der Waals surface area (Å²) >= 11 is 0. The van der Waals surface area contributed by atoms with E-state index in [4.69, 9.17) is 4.74 Å². The van der Waals surface area contributed by atoms with Crippen molar-refractivity contribution >= 4 is 23.6 Å². The fraction of sp³-hybridized carbons (Fsp3) is 0.0714. The monoisotopic (exact) mass is 464 g/mol. The second-order valence-corrected chi connectivity index (χ2v) is 7.79. The smallest absolute Gasteiger partial charge is 0.258 e. The molecule has 4 rings (SSSR count). The van der Waals surface area contributed by atoms with Gasteiger partial charge in [0, 0.05) is 36.1 Å². The maximum Gasteiger partial charge on any atom is 0.258 e. The second kappa shape index (κ2) is 9.89. The molecular formula is C28H20N2O5. The van der Waals surface area contributed by atoms with Gasteiger partial charge in [-0.3, -0.25) is 19.2 Å². The highest BCUT2D eigenvalue weighted by molar-refractivity contribution is 6.15. The van der Waals surface area contributed by atoms with Crippen LogP contribution in [0.3, 0.4) is 0 Å². The second-order valence-electron chi connectivity index (χ2n) is 7.79. The van der Waals surface area contributed by atoms with Crippen LogP contribution in [0.15, 0.2) is 133 Å². The van der Waals surface area contributed by atoms with Gasteiger partial charge in [-0.2, -0.15) is 0 Å². The van der Waals surface area contributed by atoms with Gasteiger partial charge in [0.2, 0.25) is 0 Å². The minimum Gasteiger partial charge on any atom is -0.456 e. The van der Waals surface area contributed by atoms with Crippen LogP contribution in [-0.2, 0) is 23.9 Å². The van der Waals surface area contributed by atoms with Crippen LogP contribution in [0.5, 0.6) is 0 Å². The molecule has 0 aromatic carbocycles. The summed E-state index contributed by atoms with van der Waals surface area (Å²) in [6.07, 6.45) is 21.5. The van der Waals surface area contributed by atoms with Crippen LogP contribution in [-0.4, -0.2) is 33.4 Å². The Balaban J connectivity index is 1.29. The van der Waals surface area contributed by atoms with Gasteiger partial charge in [0.25, 0.3) is 23.6 Å². The van der Waals surface area contributed by atoms with E-state index in [2.05, 4.69) is 24.6 Å². The Hall–Kier alpha value is -4.96. The summed E-state index contributed by atoms with van der Waals surface area (Å²) in [6.45, 7) is 7.96. The van der Waals surface area contributed by atoms with E-state index in [-0.39, 0.29) is 35.5 Å². The lowest BCUT2D eigenvalue weighted by Gasteiger charge is -2.20. The zero-order valence-electron chi connectivity index (χ0n) is 18.6. The van der Waals surface area contributed by atoms with Crippen LogP contribution < -0.4 is 0 Å². The fourth-order valence-corrected chi connectivity index (χ4v) is 3.63. The normalized spacial score (nSPS) is 22.7. The van der Waals surface area contributed by atoms with Crippen molar-refractivity contribution in [1.29, 1.82) is 0 Å². The Morgan fingerprint density at radius 3 is 1.37 bits per heavy atom. The molecule has 0 bridgehead atoms. The summed E-state index contributed by atoms with van der Waals surface area (Å²) in [5, 5.41) is 0. The summed E-state index contributed by atoms with van der Waals surface area (Å²) < 4.78 is 5.26. The number of rotatable bonds is 6. The lowest BCUT2D eigenvalue weighted by atomic mass is 9.94. The zero-order valence-corrected chi connectivity index (χ0v) is 18.6. The van der Waals surface area contributed by atoms with Crippen molar-refractivity contribution in [3.63, 3.8) is 0 Å². The van der Waals surface area contributed by atoms with Crippen molar-refractivity contribution < 1.29 is 23.9 Å². The van der Waals surface area contributed by atoms with Gasteiger partial charge in [-0.25, -0.2) is 9.80 Å². The molecule has 4 aliphatic rings. The number of allylic oxidation sites excluding steroid dienone is 10. The van der Waals surface area contributed by atoms with Crippen LogP contribution in [0.4, 0.5) is 0 Å². The third-order valence-electron chi connectivity index (χ3n) is 5.43. The average molecular weight is 464 g/mol. The maximum absolute atomic E-state index is 11.8. The Kier molecular flexibility index (Phi) is 6.56. The first-order chi connectivity index (χ1) is 16.8. The summed E-state index contributed by atoms with van der Waals surface area (Å²) in [7, 11) is 0.